The minimum atomic E-state index is -0.311. The smallest absolute Gasteiger partial charge is 0.399 e. The number of benzene rings is 2. The molecule has 1 fully saturated rings. The highest BCUT2D eigenvalue weighted by molar-refractivity contribution is 6.62. The number of hydrogen-bond donors (Lipinski definition) is 0. The van der Waals surface area contributed by atoms with Gasteiger partial charge in [-0.2, -0.15) is 0 Å². The molecule has 2 aromatic rings. The van der Waals surface area contributed by atoms with Crippen LogP contribution in [0.1, 0.15) is 71.9 Å². The Kier molecular flexibility index (Phi) is 5.56. The molecule has 27 heavy (non-hydrogen) atoms. The summed E-state index contributed by atoms with van der Waals surface area (Å²) in [5, 5.41) is 0. The highest BCUT2D eigenvalue weighted by atomic mass is 16.7. The zero-order chi connectivity index (χ0) is 19.8. The van der Waals surface area contributed by atoms with Crippen LogP contribution in [0.25, 0.3) is 11.1 Å². The fourth-order valence-corrected chi connectivity index (χ4v) is 3.54. The zero-order valence-electron chi connectivity index (χ0n) is 17.9. The summed E-state index contributed by atoms with van der Waals surface area (Å²) < 4.78 is 12.5. The van der Waals surface area contributed by atoms with Gasteiger partial charge in [-0.1, -0.05) is 63.2 Å². The van der Waals surface area contributed by atoms with Crippen LogP contribution in [0.3, 0.4) is 0 Å². The Balaban J connectivity index is 1.89. The minimum Gasteiger partial charge on any atom is -0.399 e. The van der Waals surface area contributed by atoms with Gasteiger partial charge in [-0.25, -0.2) is 0 Å². The van der Waals surface area contributed by atoms with Gasteiger partial charge in [0, 0.05) is 0 Å². The van der Waals surface area contributed by atoms with E-state index in [9.17, 15) is 0 Å². The van der Waals surface area contributed by atoms with Crippen LogP contribution < -0.4 is 5.46 Å². The first-order valence-electron chi connectivity index (χ1n) is 10.3. The SMILES string of the molecule is CCc1cc(B2OC(C)(C)C(C)(C)O2)ccc1-c1ccc(C(C)CC)cc1. The van der Waals surface area contributed by atoms with E-state index in [4.69, 9.17) is 9.31 Å². The van der Waals surface area contributed by atoms with Crippen molar-refractivity contribution in [3.63, 3.8) is 0 Å². The fourth-order valence-electron chi connectivity index (χ4n) is 3.54. The van der Waals surface area contributed by atoms with Crippen LogP contribution in [0.4, 0.5) is 0 Å². The van der Waals surface area contributed by atoms with E-state index >= 15 is 0 Å². The zero-order valence-corrected chi connectivity index (χ0v) is 17.9. The number of rotatable bonds is 5. The molecule has 0 bridgehead atoms. The highest BCUT2D eigenvalue weighted by Crippen LogP contribution is 2.37. The van der Waals surface area contributed by atoms with E-state index in [0.717, 1.165) is 11.9 Å². The van der Waals surface area contributed by atoms with Gasteiger partial charge in [-0.15, -0.1) is 0 Å². The van der Waals surface area contributed by atoms with Crippen LogP contribution >= 0.6 is 0 Å². The van der Waals surface area contributed by atoms with Crippen molar-refractivity contribution in [2.45, 2.75) is 78.4 Å². The van der Waals surface area contributed by atoms with E-state index in [-0.39, 0.29) is 18.3 Å². The normalized spacial score (nSPS) is 19.3. The highest BCUT2D eigenvalue weighted by Gasteiger charge is 2.51. The lowest BCUT2D eigenvalue weighted by atomic mass is 9.77. The Bertz CT molecular complexity index is 777. The summed E-state index contributed by atoms with van der Waals surface area (Å²) in [4.78, 5) is 0. The minimum absolute atomic E-state index is 0.304. The Morgan fingerprint density at radius 2 is 1.48 bits per heavy atom. The van der Waals surface area contributed by atoms with Crippen molar-refractivity contribution in [3.8, 4) is 11.1 Å². The Morgan fingerprint density at radius 1 is 0.889 bits per heavy atom. The molecular weight excluding hydrogens is 331 g/mol. The molecule has 0 aromatic heterocycles. The summed E-state index contributed by atoms with van der Waals surface area (Å²) in [7, 11) is -0.304. The second kappa shape index (κ2) is 7.45. The molecule has 1 heterocycles. The molecule has 0 saturated carbocycles. The maximum Gasteiger partial charge on any atom is 0.494 e. The molecule has 1 unspecified atom stereocenters. The van der Waals surface area contributed by atoms with Crippen LogP contribution in [-0.2, 0) is 15.7 Å². The first-order valence-corrected chi connectivity index (χ1v) is 10.3. The second-order valence-electron chi connectivity index (χ2n) is 8.79. The lowest BCUT2D eigenvalue weighted by Crippen LogP contribution is -2.41. The molecule has 3 heteroatoms. The Hall–Kier alpha value is -1.58. The third-order valence-electron chi connectivity index (χ3n) is 6.44. The van der Waals surface area contributed by atoms with Gasteiger partial charge in [0.05, 0.1) is 11.2 Å². The molecule has 1 atom stereocenters. The first kappa shape index (κ1) is 20.2. The molecule has 1 saturated heterocycles. The van der Waals surface area contributed by atoms with Crippen molar-refractivity contribution in [1.29, 1.82) is 0 Å². The van der Waals surface area contributed by atoms with Crippen molar-refractivity contribution < 1.29 is 9.31 Å². The summed E-state index contributed by atoms with van der Waals surface area (Å²) in [6.45, 7) is 15.1. The predicted molar refractivity (Wildman–Crippen MR) is 116 cm³/mol. The van der Waals surface area contributed by atoms with E-state index in [1.54, 1.807) is 0 Å². The maximum atomic E-state index is 6.23. The average Bonchev–Trinajstić information content (AvgIpc) is 2.88. The lowest BCUT2D eigenvalue weighted by molar-refractivity contribution is 0.00578. The number of aryl methyl sites for hydroxylation is 1. The Morgan fingerprint density at radius 3 is 2.00 bits per heavy atom. The molecule has 2 aromatic carbocycles. The summed E-state index contributed by atoms with van der Waals surface area (Å²) in [5.74, 6) is 0.607. The van der Waals surface area contributed by atoms with Crippen LogP contribution in [0.5, 0.6) is 0 Å². The monoisotopic (exact) mass is 364 g/mol. The molecule has 0 amide bonds. The van der Waals surface area contributed by atoms with Crippen molar-refractivity contribution in [3.05, 3.63) is 53.6 Å². The molecule has 1 aliphatic heterocycles. The molecule has 0 spiro atoms. The summed E-state index contributed by atoms with van der Waals surface area (Å²) in [6.07, 6.45) is 2.15. The molecule has 2 nitrogen and oxygen atoms in total. The topological polar surface area (TPSA) is 18.5 Å². The largest absolute Gasteiger partial charge is 0.494 e. The van der Waals surface area contributed by atoms with Gasteiger partial charge >= 0.3 is 7.12 Å². The first-order chi connectivity index (χ1) is 12.7. The molecule has 3 rings (SSSR count). The molecule has 0 radical (unpaired) electrons. The lowest BCUT2D eigenvalue weighted by Gasteiger charge is -2.32. The third-order valence-corrected chi connectivity index (χ3v) is 6.44. The van der Waals surface area contributed by atoms with Crippen LogP contribution in [-0.4, -0.2) is 18.3 Å². The van der Waals surface area contributed by atoms with Crippen molar-refractivity contribution in [2.24, 2.45) is 0 Å². The van der Waals surface area contributed by atoms with Crippen LogP contribution in [0.2, 0.25) is 0 Å². The van der Waals surface area contributed by atoms with Crippen LogP contribution in [0, 0.1) is 0 Å². The Labute approximate surface area is 165 Å². The van der Waals surface area contributed by atoms with E-state index in [0.29, 0.717) is 5.92 Å². The summed E-state index contributed by atoms with van der Waals surface area (Å²) in [6, 6.07) is 15.7. The quantitative estimate of drug-likeness (QED) is 0.631. The van der Waals surface area contributed by atoms with Gasteiger partial charge in [0.15, 0.2) is 0 Å². The van der Waals surface area contributed by atoms with Crippen molar-refractivity contribution in [2.75, 3.05) is 0 Å². The van der Waals surface area contributed by atoms with Crippen molar-refractivity contribution >= 4 is 12.6 Å². The molecule has 144 valence electrons. The maximum absolute atomic E-state index is 6.23. The van der Waals surface area contributed by atoms with Crippen LogP contribution in [0.15, 0.2) is 42.5 Å². The van der Waals surface area contributed by atoms with E-state index < -0.39 is 0 Å². The van der Waals surface area contributed by atoms with Crippen molar-refractivity contribution in [1.82, 2.24) is 0 Å². The molecular formula is C24H33BO2. The van der Waals surface area contributed by atoms with Gasteiger partial charge < -0.3 is 9.31 Å². The predicted octanol–water partition coefficient (Wildman–Crippen LogP) is 5.73. The van der Waals surface area contributed by atoms with E-state index in [2.05, 4.69) is 90.9 Å². The standard InChI is InChI=1S/C24H33BO2/c1-8-17(3)19-10-12-20(13-11-19)22-15-14-21(16-18(22)9-2)25-26-23(4,5)24(6,7)27-25/h10-17H,8-9H2,1-7H3. The van der Waals surface area contributed by atoms with E-state index in [1.165, 1.54) is 28.7 Å². The molecule has 0 aliphatic carbocycles. The van der Waals surface area contributed by atoms with Gasteiger partial charge in [0.2, 0.25) is 0 Å². The van der Waals surface area contributed by atoms with Gasteiger partial charge in [-0.05, 0) is 74.2 Å². The van der Waals surface area contributed by atoms with Gasteiger partial charge in [-0.3, -0.25) is 0 Å². The summed E-state index contributed by atoms with van der Waals surface area (Å²) >= 11 is 0. The fraction of sp³-hybridized carbons (Fsp3) is 0.500. The van der Waals surface area contributed by atoms with Gasteiger partial charge in [0.1, 0.15) is 0 Å². The second-order valence-corrected chi connectivity index (χ2v) is 8.79. The molecule has 1 aliphatic rings. The molecule has 0 N–H and O–H groups in total. The third kappa shape index (κ3) is 3.86. The number of hydrogen-bond acceptors (Lipinski definition) is 2. The van der Waals surface area contributed by atoms with E-state index in [1.807, 2.05) is 0 Å². The average molecular weight is 364 g/mol. The summed E-state index contributed by atoms with van der Waals surface area (Å²) in [5.41, 5.74) is 5.80. The van der Waals surface area contributed by atoms with Gasteiger partial charge in [0.25, 0.3) is 0 Å².